The lowest BCUT2D eigenvalue weighted by atomic mass is 9.71. The van der Waals surface area contributed by atoms with E-state index in [-0.39, 0.29) is 78.0 Å². The number of amides is 6. The van der Waals surface area contributed by atoms with E-state index in [1.807, 2.05) is 93.7 Å². The molecule has 4 aliphatic heterocycles. The Hall–Kier alpha value is -8.99. The molecule has 2 atom stereocenters. The predicted octanol–water partition coefficient (Wildman–Crippen LogP) is 5.93. The van der Waals surface area contributed by atoms with Crippen molar-refractivity contribution in [1.29, 1.82) is 0 Å². The highest BCUT2D eigenvalue weighted by Crippen LogP contribution is 2.55. The number of imide groups is 2. The molecule has 1 saturated heterocycles. The number of barbiturate groups is 1. The minimum Gasteiger partial charge on any atom is -1.00 e. The molecule has 6 heterocycles. The van der Waals surface area contributed by atoms with Crippen LogP contribution in [0, 0.1) is 11.3 Å². The Morgan fingerprint density at radius 2 is 1.38 bits per heavy atom. The van der Waals surface area contributed by atoms with Crippen LogP contribution in [0.5, 0.6) is 34.5 Å². The molecule has 6 amide bonds. The largest absolute Gasteiger partial charge is 1.00 e. The standard InChI is InChI=1S/C23H32N2O.C22H23NO7.C11H18N2O3.C8H10N4O2.C8H9NO2.ClH.HI/c1-18(2)25(5,19(3)4)17-16-23(22(24)26,20-12-8-6-9-13-20)21-14-10-7-11-15-21;1-23-8-7-11-9-14-20(29-10-28-14)21(27-4)15(11)17(23)18-12-5-6-13(25-2)19(26-3)16(12)22(24)30-18;1-4-11(6-5-7(2)3)8(14)12-10(16)13-9(11)15;1-10-4-9-6-5(10)7(13)12(3)8(14)11(6)2;1-6(10)9-7-2-4-8(11)5-3-7;;/h6-15,18-19H,16-17H2,1-5H3,(H-,24,26);5-6,9,17-18H,7-8,10H2,1-4H3;7H,4-6H2,1-3H3,(H2,12,13,14,15,16);4H,1-3H3;2-5,11H,1H3,(H,9,10);2*1H/t;17-,18+;;;;;/m.1...../s1. The fraction of sp³-hybridized carbons (Fsp3) is 0.431. The Balaban J connectivity index is 0.000000233. The summed E-state index contributed by atoms with van der Waals surface area (Å²) in [5.41, 5.74) is 10.2. The molecule has 0 unspecified atom stereocenters. The van der Waals surface area contributed by atoms with Gasteiger partial charge in [0.1, 0.15) is 28.2 Å². The Morgan fingerprint density at radius 1 is 0.808 bits per heavy atom. The number of aromatic nitrogens is 4. The fourth-order valence-corrected chi connectivity index (χ4v) is 12.6. The molecule has 6 N–H and O–H groups in total. The summed E-state index contributed by atoms with van der Waals surface area (Å²) in [6, 6.07) is 31.9. The number of aromatic hydroxyl groups is 1. The number of nitrogens with one attached hydrogen (secondary N) is 3. The number of fused-ring (bicyclic) bond motifs is 4. The third kappa shape index (κ3) is 17.2. The number of esters is 1. The van der Waals surface area contributed by atoms with Crippen molar-refractivity contribution >= 4 is 64.9 Å². The number of phenolic OH excluding ortho intramolecular Hbond substituents is 1. The molecule has 536 valence electrons. The number of halogens is 2. The van der Waals surface area contributed by atoms with E-state index >= 15 is 0 Å². The average molecular weight is 1500 g/mol. The summed E-state index contributed by atoms with van der Waals surface area (Å²) in [5.74, 6) is 1.63. The lowest BCUT2D eigenvalue weighted by molar-refractivity contribution is -0.949. The van der Waals surface area contributed by atoms with Crippen molar-refractivity contribution in [3.63, 3.8) is 0 Å². The van der Waals surface area contributed by atoms with Gasteiger partial charge >= 0.3 is 17.7 Å². The molecule has 2 aromatic heterocycles. The molecule has 5 aromatic carbocycles. The summed E-state index contributed by atoms with van der Waals surface area (Å²) in [4.78, 5) is 100. The first-order valence-corrected chi connectivity index (χ1v) is 32.2. The molecule has 0 spiro atoms. The van der Waals surface area contributed by atoms with E-state index in [2.05, 4.69) is 60.6 Å². The number of methoxy groups -OCH3 is 3. The first-order valence-electron chi connectivity index (χ1n) is 32.2. The minimum absolute atomic E-state index is 0. The zero-order valence-electron chi connectivity index (χ0n) is 59.1. The van der Waals surface area contributed by atoms with Crippen molar-refractivity contribution in [2.24, 2.45) is 38.2 Å². The van der Waals surface area contributed by atoms with Crippen LogP contribution >= 0.6 is 12.4 Å². The number of primary amides is 1. The average Bonchev–Trinajstić information content (AvgIpc) is 1.67. The van der Waals surface area contributed by atoms with E-state index in [9.17, 15) is 38.4 Å². The van der Waals surface area contributed by atoms with Gasteiger partial charge in [-0.05, 0) is 119 Å². The highest BCUT2D eigenvalue weighted by molar-refractivity contribution is 6.19. The number of ether oxygens (including phenoxy) is 6. The third-order valence-electron chi connectivity index (χ3n) is 18.9. The molecular formula is C72H94ClIN10O15. The summed E-state index contributed by atoms with van der Waals surface area (Å²) in [6.45, 7) is 18.1. The van der Waals surface area contributed by atoms with Gasteiger partial charge in [-0.15, -0.1) is 12.4 Å². The number of aryl methyl sites for hydroxylation is 2. The lowest BCUT2D eigenvalue weighted by Gasteiger charge is -2.45. The summed E-state index contributed by atoms with van der Waals surface area (Å²) in [5, 5.41) is 15.8. The van der Waals surface area contributed by atoms with Crippen LogP contribution in [-0.4, -0.2) is 136 Å². The van der Waals surface area contributed by atoms with Crippen molar-refractivity contribution in [2.75, 3.05) is 60.6 Å². The summed E-state index contributed by atoms with van der Waals surface area (Å²) >= 11 is 0. The topological polar surface area (TPSA) is 305 Å². The lowest BCUT2D eigenvalue weighted by Crippen LogP contribution is -3.00. The summed E-state index contributed by atoms with van der Waals surface area (Å²) in [6.07, 6.45) is 4.18. The Morgan fingerprint density at radius 3 is 1.89 bits per heavy atom. The van der Waals surface area contributed by atoms with Gasteiger partial charge in [-0.25, -0.2) is 19.4 Å². The number of hydrogen-bond donors (Lipinski definition) is 5. The van der Waals surface area contributed by atoms with Gasteiger partial charge in [0.25, 0.3) is 5.56 Å². The van der Waals surface area contributed by atoms with E-state index in [4.69, 9.17) is 39.3 Å². The SMILES string of the molecule is CC(=O)Nc1ccc(O)cc1.CC(C)[N+](C)(CCC(C(N)=O)(c1ccccc1)c1ccccc1)C(C)C.CCC1(CCC(C)C)C(=O)NC(=O)NC1=O.COc1ccc2c(c1OC)C(=O)O[C@@H]2[C@H]1c2c(cc3c(c2OC)OCO3)CCN1C.Cl.Cn1c(=O)c2c(ncn2C)n(C)c1=O.[I-]. The van der Waals surface area contributed by atoms with E-state index < -0.39 is 40.7 Å². The number of nitrogens with zero attached hydrogens (tertiary/aromatic N) is 6. The second-order valence-electron chi connectivity index (χ2n) is 25.6. The first-order chi connectivity index (χ1) is 46.0. The Bertz CT molecular complexity index is 4060. The molecule has 4 aliphatic rings. The molecule has 25 nitrogen and oxygen atoms in total. The molecular weight excluding hydrogens is 1410 g/mol. The normalized spacial score (nSPS) is 15.6. The molecule has 1 fully saturated rings. The molecule has 27 heteroatoms. The zero-order valence-corrected chi connectivity index (χ0v) is 62.1. The summed E-state index contributed by atoms with van der Waals surface area (Å²) in [7, 11) is 13.7. The molecule has 11 rings (SSSR count). The van der Waals surface area contributed by atoms with Gasteiger partial charge in [0, 0.05) is 57.8 Å². The Kier molecular flexibility index (Phi) is 28.3. The summed E-state index contributed by atoms with van der Waals surface area (Å²) < 4.78 is 38.7. The first kappa shape index (κ1) is 80.7. The van der Waals surface area contributed by atoms with E-state index in [0.29, 0.717) is 88.4 Å². The van der Waals surface area contributed by atoms with Gasteiger partial charge < -0.3 is 77.6 Å². The van der Waals surface area contributed by atoms with Crippen molar-refractivity contribution < 1.29 is 90.8 Å². The van der Waals surface area contributed by atoms with Crippen LogP contribution in [0.4, 0.5) is 10.5 Å². The van der Waals surface area contributed by atoms with Crippen LogP contribution < -0.4 is 80.6 Å². The van der Waals surface area contributed by atoms with Crippen LogP contribution in [0.25, 0.3) is 11.2 Å². The smallest absolute Gasteiger partial charge is 0.343 e. The second kappa shape index (κ2) is 34.7. The van der Waals surface area contributed by atoms with E-state index in [0.717, 1.165) is 62.8 Å². The molecule has 99 heavy (non-hydrogen) atoms. The number of quaternary nitrogens is 1. The van der Waals surface area contributed by atoms with Crippen LogP contribution in [0.1, 0.15) is 131 Å². The quantitative estimate of drug-likeness (QED) is 0.0232. The number of hydrogen-bond acceptors (Lipinski definition) is 17. The maximum absolute atomic E-state index is 12.9. The number of carbonyl (C=O) groups excluding carboxylic acids is 6. The van der Waals surface area contributed by atoms with Gasteiger partial charge in [-0.1, -0.05) is 87.5 Å². The third-order valence-corrected chi connectivity index (χ3v) is 18.9. The number of cyclic esters (lactones) is 1. The number of benzene rings is 5. The number of anilines is 1. The zero-order chi connectivity index (χ0) is 71.4. The molecule has 0 bridgehead atoms. The van der Waals surface area contributed by atoms with Crippen LogP contribution in [-0.2, 0) is 56.9 Å². The minimum atomic E-state index is -1.07. The van der Waals surface area contributed by atoms with Crippen LogP contribution in [0.2, 0.25) is 0 Å². The van der Waals surface area contributed by atoms with Gasteiger partial charge in [0.15, 0.2) is 34.2 Å². The predicted molar refractivity (Wildman–Crippen MR) is 374 cm³/mol. The number of carbonyl (C=O) groups is 6. The fourth-order valence-electron chi connectivity index (χ4n) is 12.6. The van der Waals surface area contributed by atoms with Gasteiger partial charge in [-0.2, -0.15) is 0 Å². The Labute approximate surface area is 600 Å². The number of likely N-dealkylation sites (N-methyl/N-ethyl adjacent to an activating group) is 1. The van der Waals surface area contributed by atoms with E-state index in [1.54, 1.807) is 58.0 Å². The van der Waals surface area contributed by atoms with Gasteiger partial charge in [-0.3, -0.25) is 48.6 Å². The maximum atomic E-state index is 12.9. The monoisotopic (exact) mass is 1500 g/mol. The van der Waals surface area contributed by atoms with Gasteiger partial charge in [0.05, 0.1) is 59.4 Å². The molecule has 0 radical (unpaired) electrons. The highest BCUT2D eigenvalue weighted by Gasteiger charge is 2.49. The van der Waals surface area contributed by atoms with Crippen LogP contribution in [0.15, 0.2) is 119 Å². The number of nitrogens with two attached hydrogens (primary N) is 1. The van der Waals surface area contributed by atoms with Crippen LogP contribution in [0.3, 0.4) is 0 Å². The van der Waals surface area contributed by atoms with Gasteiger partial charge in [0.2, 0.25) is 36.2 Å². The number of phenols is 1. The maximum Gasteiger partial charge on any atom is 0.343 e. The highest BCUT2D eigenvalue weighted by atomic mass is 127. The van der Waals surface area contributed by atoms with Crippen molar-refractivity contribution in [3.05, 3.63) is 164 Å². The molecule has 0 aliphatic carbocycles. The van der Waals surface area contributed by atoms with Crippen molar-refractivity contribution in [2.45, 2.75) is 117 Å². The number of rotatable bonds is 17. The van der Waals surface area contributed by atoms with Crippen molar-refractivity contribution in [1.82, 2.24) is 34.2 Å². The number of imidazole rings is 1. The van der Waals surface area contributed by atoms with Crippen molar-refractivity contribution in [3.8, 4) is 34.5 Å². The molecule has 0 saturated carbocycles. The van der Waals surface area contributed by atoms with E-state index in [1.165, 1.54) is 44.1 Å². The number of urea groups is 1. The molecule has 7 aromatic rings. The second-order valence-corrected chi connectivity index (χ2v) is 25.6.